The Balaban J connectivity index is 5.02. The SMILES string of the molecule is COC(=O)CC[C@@H](/C=C(\Cl)S(C)(=O)=O)NC(=O)OC(C)(C)C. The molecule has 0 heterocycles. The fourth-order valence-electron chi connectivity index (χ4n) is 1.31. The fraction of sp³-hybridized carbons (Fsp3) is 0.692. The molecule has 0 spiro atoms. The van der Waals surface area contributed by atoms with Gasteiger partial charge in [0.2, 0.25) is 0 Å². The van der Waals surface area contributed by atoms with Crippen LogP contribution in [0, 0.1) is 0 Å². The predicted octanol–water partition coefficient (Wildman–Crippen LogP) is 1.96. The van der Waals surface area contributed by atoms with Crippen molar-refractivity contribution < 1.29 is 27.5 Å². The number of ether oxygens (including phenoxy) is 2. The lowest BCUT2D eigenvalue weighted by molar-refractivity contribution is -0.140. The van der Waals surface area contributed by atoms with Gasteiger partial charge in [0.15, 0.2) is 9.84 Å². The second-order valence-corrected chi connectivity index (χ2v) is 8.23. The highest BCUT2D eigenvalue weighted by atomic mass is 35.5. The van der Waals surface area contributed by atoms with Gasteiger partial charge in [0, 0.05) is 12.7 Å². The van der Waals surface area contributed by atoms with Crippen LogP contribution in [0.25, 0.3) is 0 Å². The van der Waals surface area contributed by atoms with Gasteiger partial charge in [0.05, 0.1) is 13.2 Å². The number of alkyl carbamates (subject to hydrolysis) is 1. The smallest absolute Gasteiger partial charge is 0.408 e. The van der Waals surface area contributed by atoms with Crippen molar-refractivity contribution in [1.29, 1.82) is 0 Å². The number of esters is 1. The summed E-state index contributed by atoms with van der Waals surface area (Å²) in [5.74, 6) is -0.486. The molecule has 0 aliphatic rings. The molecule has 0 aromatic rings. The number of rotatable bonds is 6. The molecule has 0 unspecified atom stereocenters. The Bertz CT molecular complexity index is 535. The number of methoxy groups -OCH3 is 1. The molecule has 9 heteroatoms. The van der Waals surface area contributed by atoms with E-state index < -0.39 is 37.9 Å². The van der Waals surface area contributed by atoms with E-state index in [2.05, 4.69) is 10.1 Å². The van der Waals surface area contributed by atoms with Crippen LogP contribution in [0.5, 0.6) is 0 Å². The maximum atomic E-state index is 11.7. The van der Waals surface area contributed by atoms with E-state index in [0.29, 0.717) is 0 Å². The maximum absolute atomic E-state index is 11.7. The third kappa shape index (κ3) is 9.62. The van der Waals surface area contributed by atoms with Crippen LogP contribution in [-0.2, 0) is 24.1 Å². The van der Waals surface area contributed by atoms with Gasteiger partial charge in [0.25, 0.3) is 0 Å². The highest BCUT2D eigenvalue weighted by molar-refractivity contribution is 7.96. The number of hydrogen-bond acceptors (Lipinski definition) is 6. The van der Waals surface area contributed by atoms with Gasteiger partial charge in [-0.25, -0.2) is 13.2 Å². The molecule has 0 radical (unpaired) electrons. The molecular weight excluding hydrogens is 334 g/mol. The lowest BCUT2D eigenvalue weighted by atomic mass is 10.1. The van der Waals surface area contributed by atoms with Crippen LogP contribution < -0.4 is 5.32 Å². The van der Waals surface area contributed by atoms with Gasteiger partial charge in [-0.3, -0.25) is 4.79 Å². The number of hydrogen-bond donors (Lipinski definition) is 1. The van der Waals surface area contributed by atoms with Crippen LogP contribution in [-0.4, -0.2) is 45.5 Å². The second kappa shape index (κ2) is 8.38. The first kappa shape index (κ1) is 20.7. The minimum absolute atomic E-state index is 0.0125. The molecule has 1 N–H and O–H groups in total. The second-order valence-electron chi connectivity index (χ2n) is 5.61. The van der Waals surface area contributed by atoms with Gasteiger partial charge in [-0.15, -0.1) is 0 Å². The monoisotopic (exact) mass is 355 g/mol. The van der Waals surface area contributed by atoms with Crippen molar-refractivity contribution in [2.75, 3.05) is 13.4 Å². The van der Waals surface area contributed by atoms with Gasteiger partial charge >= 0.3 is 12.1 Å². The summed E-state index contributed by atoms with van der Waals surface area (Å²) in [5, 5.41) is 2.46. The molecule has 0 bridgehead atoms. The fourth-order valence-corrected chi connectivity index (χ4v) is 1.88. The summed E-state index contributed by atoms with van der Waals surface area (Å²) in [6.45, 7) is 5.07. The molecule has 0 aliphatic carbocycles. The third-order valence-corrected chi connectivity index (χ3v) is 4.09. The predicted molar refractivity (Wildman–Crippen MR) is 83.2 cm³/mol. The van der Waals surface area contributed by atoms with Crippen molar-refractivity contribution in [2.45, 2.75) is 45.3 Å². The van der Waals surface area contributed by atoms with Crippen LogP contribution in [0.15, 0.2) is 10.4 Å². The quantitative estimate of drug-likeness (QED) is 0.731. The Hall–Kier alpha value is -1.28. The number of amides is 1. The Labute approximate surface area is 135 Å². The molecule has 22 heavy (non-hydrogen) atoms. The first-order chi connectivity index (χ1) is 9.85. The molecule has 0 aromatic carbocycles. The minimum Gasteiger partial charge on any atom is -0.469 e. The molecule has 128 valence electrons. The average Bonchev–Trinajstić information content (AvgIpc) is 2.31. The maximum Gasteiger partial charge on any atom is 0.408 e. The van der Waals surface area contributed by atoms with E-state index in [1.165, 1.54) is 7.11 Å². The van der Waals surface area contributed by atoms with Crippen LogP contribution in [0.1, 0.15) is 33.6 Å². The van der Waals surface area contributed by atoms with Crippen LogP contribution >= 0.6 is 11.6 Å². The number of carbonyl (C=O) groups excluding carboxylic acids is 2. The van der Waals surface area contributed by atoms with E-state index in [1.54, 1.807) is 20.8 Å². The lowest BCUT2D eigenvalue weighted by Crippen LogP contribution is -2.38. The van der Waals surface area contributed by atoms with Gasteiger partial charge in [-0.05, 0) is 33.3 Å². The molecule has 1 amide bonds. The number of halogens is 1. The molecule has 7 nitrogen and oxygen atoms in total. The van der Waals surface area contributed by atoms with Gasteiger partial charge < -0.3 is 14.8 Å². The van der Waals surface area contributed by atoms with Crippen LogP contribution in [0.3, 0.4) is 0 Å². The first-order valence-corrected chi connectivity index (χ1v) is 8.76. The van der Waals surface area contributed by atoms with Crippen molar-refractivity contribution in [2.24, 2.45) is 0 Å². The number of sulfone groups is 1. The lowest BCUT2D eigenvalue weighted by Gasteiger charge is -2.22. The Kier molecular flexibility index (Phi) is 7.89. The first-order valence-electron chi connectivity index (χ1n) is 6.49. The molecule has 0 fully saturated rings. The Morgan fingerprint density at radius 1 is 1.32 bits per heavy atom. The van der Waals surface area contributed by atoms with Crippen molar-refractivity contribution in [3.05, 3.63) is 10.4 Å². The molecule has 0 aromatic heterocycles. The third-order valence-electron chi connectivity index (χ3n) is 2.28. The average molecular weight is 356 g/mol. The van der Waals surface area contributed by atoms with E-state index in [9.17, 15) is 18.0 Å². The van der Waals surface area contributed by atoms with Gasteiger partial charge in [-0.1, -0.05) is 11.6 Å². The molecule has 0 saturated heterocycles. The standard InChI is InChI=1S/C13H22ClNO6S/c1-13(2,3)21-12(17)15-9(6-7-11(16)20-4)8-10(14)22(5,18)19/h8-9H,6-7H2,1-5H3,(H,15,17)/b10-8+/t9-/m0/s1. The van der Waals surface area contributed by atoms with Crippen molar-refractivity contribution in [3.8, 4) is 0 Å². The summed E-state index contributed by atoms with van der Waals surface area (Å²) >= 11 is 5.68. The molecular formula is C13H22ClNO6S. The van der Waals surface area contributed by atoms with Gasteiger partial charge in [0.1, 0.15) is 9.97 Å². The van der Waals surface area contributed by atoms with E-state index >= 15 is 0 Å². The zero-order valence-corrected chi connectivity index (χ0v) is 14.9. The Morgan fingerprint density at radius 3 is 2.27 bits per heavy atom. The number of carbonyl (C=O) groups is 2. The topological polar surface area (TPSA) is 98.8 Å². The minimum atomic E-state index is -3.59. The zero-order valence-electron chi connectivity index (χ0n) is 13.3. The van der Waals surface area contributed by atoms with Gasteiger partial charge in [-0.2, -0.15) is 0 Å². The van der Waals surface area contributed by atoms with Crippen molar-refractivity contribution in [3.63, 3.8) is 0 Å². The summed E-state index contributed by atoms with van der Waals surface area (Å²) in [4.78, 5) is 22.9. The molecule has 1 atom stereocenters. The summed E-state index contributed by atoms with van der Waals surface area (Å²) in [6.07, 6.45) is 1.47. The molecule has 0 rings (SSSR count). The van der Waals surface area contributed by atoms with E-state index in [0.717, 1.165) is 12.3 Å². The van der Waals surface area contributed by atoms with Crippen LogP contribution in [0.2, 0.25) is 0 Å². The van der Waals surface area contributed by atoms with Crippen molar-refractivity contribution in [1.82, 2.24) is 5.32 Å². The highest BCUT2D eigenvalue weighted by Gasteiger charge is 2.21. The van der Waals surface area contributed by atoms with Crippen molar-refractivity contribution >= 4 is 33.5 Å². The summed E-state index contributed by atoms with van der Waals surface area (Å²) in [7, 11) is -2.36. The largest absolute Gasteiger partial charge is 0.469 e. The van der Waals surface area contributed by atoms with E-state index in [1.807, 2.05) is 0 Å². The zero-order chi connectivity index (χ0) is 17.6. The van der Waals surface area contributed by atoms with E-state index in [4.69, 9.17) is 16.3 Å². The summed E-state index contributed by atoms with van der Waals surface area (Å²) < 4.78 is 31.8. The highest BCUT2D eigenvalue weighted by Crippen LogP contribution is 2.14. The summed E-state index contributed by atoms with van der Waals surface area (Å²) in [5.41, 5.74) is -0.707. The normalized spacial score (nSPS) is 14.2. The molecule has 0 saturated carbocycles. The van der Waals surface area contributed by atoms with Crippen LogP contribution in [0.4, 0.5) is 4.79 Å². The molecule has 0 aliphatic heterocycles. The Morgan fingerprint density at radius 2 is 1.86 bits per heavy atom. The van der Waals surface area contributed by atoms with E-state index in [-0.39, 0.29) is 12.8 Å². The summed E-state index contributed by atoms with van der Waals surface area (Å²) in [6, 6.07) is -0.781. The number of nitrogens with one attached hydrogen (secondary N) is 1.